The third-order valence-electron chi connectivity index (χ3n) is 5.05. The van der Waals surface area contributed by atoms with E-state index in [1.54, 1.807) is 73.8 Å². The van der Waals surface area contributed by atoms with Crippen LogP contribution in [0.2, 0.25) is 5.15 Å². The quantitative estimate of drug-likeness (QED) is 0.349. The summed E-state index contributed by atoms with van der Waals surface area (Å²) >= 11 is 5.75. The minimum atomic E-state index is -0.480. The predicted molar refractivity (Wildman–Crippen MR) is 129 cm³/mol. The molecule has 9 heteroatoms. The minimum Gasteiger partial charge on any atom is -0.508 e. The number of nitrogens with zero attached hydrogens (tertiary/aromatic N) is 2. The molecule has 0 fully saturated rings. The molecule has 34 heavy (non-hydrogen) atoms. The molecule has 0 saturated heterocycles. The largest absolute Gasteiger partial charge is 0.508 e. The molecule has 2 aromatic carbocycles. The Morgan fingerprint density at radius 3 is 2.56 bits per heavy atom. The van der Waals surface area contributed by atoms with Gasteiger partial charge in [-0.25, -0.2) is 9.78 Å². The molecular formula is C25H21ClN4O4. The molecule has 3 N–H and O–H groups in total. The van der Waals surface area contributed by atoms with Gasteiger partial charge in [-0.3, -0.25) is 4.79 Å². The molecule has 0 radical (unpaired) electrons. The zero-order chi connectivity index (χ0) is 24.1. The Balaban J connectivity index is 1.39. The fourth-order valence-electron chi connectivity index (χ4n) is 3.22. The summed E-state index contributed by atoms with van der Waals surface area (Å²) in [6, 6.07) is 17.3. The van der Waals surface area contributed by atoms with Crippen molar-refractivity contribution in [2.24, 2.45) is 0 Å². The third-order valence-corrected chi connectivity index (χ3v) is 5.27. The maximum Gasteiger partial charge on any atom is 0.345 e. The number of pyridine rings is 1. The average Bonchev–Trinajstić information content (AvgIpc) is 2.84. The van der Waals surface area contributed by atoms with E-state index in [4.69, 9.17) is 16.3 Å². The van der Waals surface area contributed by atoms with E-state index in [9.17, 15) is 14.7 Å². The normalized spacial score (nSPS) is 10.6. The van der Waals surface area contributed by atoms with Crippen molar-refractivity contribution in [2.45, 2.75) is 13.5 Å². The molecule has 4 rings (SSSR count). The van der Waals surface area contributed by atoms with Gasteiger partial charge in [0.2, 0.25) is 0 Å². The highest BCUT2D eigenvalue weighted by molar-refractivity contribution is 6.29. The molecule has 8 nitrogen and oxygen atoms in total. The topological polar surface area (TPSA) is 117 Å². The first kappa shape index (κ1) is 23.0. The number of halogens is 1. The van der Waals surface area contributed by atoms with Crippen LogP contribution in [-0.2, 0) is 11.3 Å². The number of carbonyl (C=O) groups is 1. The first-order valence-electron chi connectivity index (χ1n) is 10.4. The monoisotopic (exact) mass is 476 g/mol. The Morgan fingerprint density at radius 1 is 1.09 bits per heavy atom. The number of aromatic nitrogens is 3. The predicted octanol–water partition coefficient (Wildman–Crippen LogP) is 3.86. The second kappa shape index (κ2) is 10.2. The highest BCUT2D eigenvalue weighted by Gasteiger charge is 2.09. The summed E-state index contributed by atoms with van der Waals surface area (Å²) in [6.07, 6.45) is 1.60. The van der Waals surface area contributed by atoms with Gasteiger partial charge in [-0.15, -0.1) is 0 Å². The summed E-state index contributed by atoms with van der Waals surface area (Å²) in [5.41, 5.74) is 3.60. The molecule has 0 aliphatic carbocycles. The summed E-state index contributed by atoms with van der Waals surface area (Å²) in [5.74, 6) is 0.421. The first-order valence-corrected chi connectivity index (χ1v) is 10.8. The number of aromatic hydroxyl groups is 1. The highest BCUT2D eigenvalue weighted by atomic mass is 35.5. The number of amides is 1. The van der Waals surface area contributed by atoms with E-state index >= 15 is 0 Å². The van der Waals surface area contributed by atoms with Crippen LogP contribution in [-0.4, -0.2) is 32.6 Å². The number of aryl methyl sites for hydroxylation is 1. The molecule has 2 aromatic heterocycles. The van der Waals surface area contributed by atoms with Gasteiger partial charge in [0, 0.05) is 18.3 Å². The third kappa shape index (κ3) is 5.79. The van der Waals surface area contributed by atoms with Gasteiger partial charge in [-0.2, -0.15) is 4.98 Å². The Morgan fingerprint density at radius 2 is 1.85 bits per heavy atom. The number of ether oxygens (including phenoxy) is 1. The maximum absolute atomic E-state index is 12.1. The highest BCUT2D eigenvalue weighted by Crippen LogP contribution is 2.26. The van der Waals surface area contributed by atoms with Crippen LogP contribution in [0.4, 0.5) is 0 Å². The molecule has 1 amide bonds. The van der Waals surface area contributed by atoms with Crippen molar-refractivity contribution in [1.82, 2.24) is 20.3 Å². The van der Waals surface area contributed by atoms with E-state index in [2.05, 4.69) is 20.3 Å². The Bertz CT molecular complexity index is 1370. The molecule has 0 bridgehead atoms. The average molecular weight is 477 g/mol. The molecule has 0 unspecified atom stereocenters. The summed E-state index contributed by atoms with van der Waals surface area (Å²) in [5, 5.41) is 12.9. The van der Waals surface area contributed by atoms with Gasteiger partial charge in [0.25, 0.3) is 5.91 Å². The van der Waals surface area contributed by atoms with E-state index < -0.39 is 5.69 Å². The standard InChI is InChI=1S/C25H21ClN4O4/c1-15-10-18(5-8-22(15)31)21-11-20(29-25(33)30-21)17-3-6-19(7-4-17)34-14-24(32)28-13-16-2-9-23(26)27-12-16/h2-12,31H,13-14H2,1H3,(H,28,32)(H,29,30,33). The van der Waals surface area contributed by atoms with Crippen molar-refractivity contribution in [3.63, 3.8) is 0 Å². The summed E-state index contributed by atoms with van der Waals surface area (Å²) < 4.78 is 5.55. The van der Waals surface area contributed by atoms with Crippen molar-refractivity contribution in [3.8, 4) is 34.0 Å². The van der Waals surface area contributed by atoms with Gasteiger partial charge >= 0.3 is 5.69 Å². The summed E-state index contributed by atoms with van der Waals surface area (Å²) in [4.78, 5) is 34.9. The van der Waals surface area contributed by atoms with Crippen LogP contribution in [0.1, 0.15) is 11.1 Å². The molecule has 172 valence electrons. The minimum absolute atomic E-state index is 0.142. The van der Waals surface area contributed by atoms with Crippen LogP contribution in [0.5, 0.6) is 11.5 Å². The van der Waals surface area contributed by atoms with Crippen molar-refractivity contribution in [2.75, 3.05) is 6.61 Å². The van der Waals surface area contributed by atoms with Gasteiger partial charge in [-0.1, -0.05) is 17.7 Å². The van der Waals surface area contributed by atoms with Crippen LogP contribution in [0.25, 0.3) is 22.5 Å². The second-order valence-corrected chi connectivity index (χ2v) is 7.95. The van der Waals surface area contributed by atoms with Crippen LogP contribution in [0.15, 0.2) is 71.7 Å². The van der Waals surface area contributed by atoms with E-state index in [0.29, 0.717) is 34.4 Å². The Hall–Kier alpha value is -4.17. The number of hydrogen-bond donors (Lipinski definition) is 3. The fraction of sp³-hybridized carbons (Fsp3) is 0.120. The zero-order valence-electron chi connectivity index (χ0n) is 18.2. The second-order valence-electron chi connectivity index (χ2n) is 7.57. The van der Waals surface area contributed by atoms with E-state index in [-0.39, 0.29) is 18.3 Å². The van der Waals surface area contributed by atoms with Gasteiger partial charge in [0.1, 0.15) is 16.7 Å². The van der Waals surface area contributed by atoms with Crippen molar-refractivity contribution < 1.29 is 14.6 Å². The molecular weight excluding hydrogens is 456 g/mol. The SMILES string of the molecule is Cc1cc(-c2cc(-c3ccc(OCC(=O)NCc4ccc(Cl)nc4)cc3)[nH]c(=O)n2)ccc1O. The number of hydrogen-bond acceptors (Lipinski definition) is 6. The van der Waals surface area contributed by atoms with Gasteiger partial charge in [0.15, 0.2) is 6.61 Å². The molecule has 4 aromatic rings. The van der Waals surface area contributed by atoms with E-state index in [1.807, 2.05) is 0 Å². The number of phenolic OH excluding ortho intramolecular Hbond substituents is 1. The van der Waals surface area contributed by atoms with E-state index in [1.165, 1.54) is 0 Å². The number of rotatable bonds is 7. The zero-order valence-corrected chi connectivity index (χ0v) is 19.0. The lowest BCUT2D eigenvalue weighted by molar-refractivity contribution is -0.123. The van der Waals surface area contributed by atoms with Crippen LogP contribution < -0.4 is 15.7 Å². The Labute approximate surface area is 200 Å². The maximum atomic E-state index is 12.1. The molecule has 0 saturated carbocycles. The van der Waals surface area contributed by atoms with Gasteiger partial charge in [0.05, 0.1) is 11.4 Å². The number of H-pyrrole nitrogens is 1. The summed E-state index contributed by atoms with van der Waals surface area (Å²) in [6.45, 7) is 1.96. The molecule has 2 heterocycles. The lowest BCUT2D eigenvalue weighted by Gasteiger charge is -2.09. The lowest BCUT2D eigenvalue weighted by Crippen LogP contribution is -2.28. The molecule has 0 aliphatic rings. The summed E-state index contributed by atoms with van der Waals surface area (Å²) in [7, 11) is 0. The molecule has 0 atom stereocenters. The van der Waals surface area contributed by atoms with Crippen molar-refractivity contribution in [3.05, 3.63) is 93.6 Å². The number of benzene rings is 2. The van der Waals surface area contributed by atoms with Gasteiger partial charge in [-0.05, 0) is 78.2 Å². The van der Waals surface area contributed by atoms with Crippen LogP contribution >= 0.6 is 11.6 Å². The van der Waals surface area contributed by atoms with Gasteiger partial charge < -0.3 is 20.1 Å². The Kier molecular flexibility index (Phi) is 6.89. The number of carbonyl (C=O) groups excluding carboxylic acids is 1. The number of phenols is 1. The first-order chi connectivity index (χ1) is 16.4. The lowest BCUT2D eigenvalue weighted by atomic mass is 10.1. The number of aromatic amines is 1. The fourth-order valence-corrected chi connectivity index (χ4v) is 3.33. The van der Waals surface area contributed by atoms with E-state index in [0.717, 1.165) is 16.7 Å². The van der Waals surface area contributed by atoms with Crippen LogP contribution in [0, 0.1) is 6.92 Å². The van der Waals surface area contributed by atoms with Crippen LogP contribution in [0.3, 0.4) is 0 Å². The number of nitrogens with one attached hydrogen (secondary N) is 2. The molecule has 0 spiro atoms. The molecule has 0 aliphatic heterocycles. The van der Waals surface area contributed by atoms with Crippen molar-refractivity contribution in [1.29, 1.82) is 0 Å². The smallest absolute Gasteiger partial charge is 0.345 e. The van der Waals surface area contributed by atoms with Crippen molar-refractivity contribution >= 4 is 17.5 Å².